The Hall–Kier alpha value is -1.87. The second-order valence-electron chi connectivity index (χ2n) is 4.19. The largest absolute Gasteiger partial charge is 0.418 e. The maximum Gasteiger partial charge on any atom is 0.418 e. The average Bonchev–Trinajstić information content (AvgIpc) is 2.47. The highest BCUT2D eigenvalue weighted by atomic mass is 32.2. The van der Waals surface area contributed by atoms with Gasteiger partial charge in [0.15, 0.2) is 5.75 Å². The van der Waals surface area contributed by atoms with Crippen molar-refractivity contribution in [1.29, 1.82) is 0 Å². The third-order valence-electron chi connectivity index (χ3n) is 2.51. The van der Waals surface area contributed by atoms with E-state index in [0.29, 0.717) is 30.3 Å². The summed E-state index contributed by atoms with van der Waals surface area (Å²) in [5.41, 5.74) is 0.240. The molecule has 2 aromatic rings. The fourth-order valence-corrected chi connectivity index (χ4v) is 1.83. The summed E-state index contributed by atoms with van der Waals surface area (Å²) < 4.78 is 48.4. The van der Waals surface area contributed by atoms with E-state index in [4.69, 9.17) is 8.37 Å². The van der Waals surface area contributed by atoms with E-state index >= 15 is 0 Å². The van der Waals surface area contributed by atoms with Crippen molar-refractivity contribution in [2.45, 2.75) is 20.0 Å². The predicted molar refractivity (Wildman–Crippen MR) is 74.8 cm³/mol. The topological polar surface area (TPSA) is 57.1 Å². The molecule has 2 rings (SSSR count). The first-order valence-corrected chi connectivity index (χ1v) is 6.92. The van der Waals surface area contributed by atoms with E-state index in [2.05, 4.69) is 15.2 Å². The molecule has 0 saturated heterocycles. The molecule has 0 aromatic carbocycles. The van der Waals surface area contributed by atoms with Crippen molar-refractivity contribution in [2.24, 2.45) is 0 Å². The quantitative estimate of drug-likeness (QED) is 0.613. The van der Waals surface area contributed by atoms with Crippen molar-refractivity contribution in [3.63, 3.8) is 0 Å². The summed E-state index contributed by atoms with van der Waals surface area (Å²) >= 11 is 0.582. The predicted octanol–water partition coefficient (Wildman–Crippen LogP) is 3.84. The van der Waals surface area contributed by atoms with Crippen molar-refractivity contribution in [2.75, 3.05) is 6.61 Å². The van der Waals surface area contributed by atoms with Gasteiger partial charge < -0.3 is 4.18 Å². The van der Waals surface area contributed by atoms with Gasteiger partial charge in [0.05, 0.1) is 17.9 Å². The first-order valence-electron chi connectivity index (χ1n) is 6.26. The molecular weight excluding hydrogens is 319 g/mol. The molecule has 0 amide bonds. The Labute approximate surface area is 129 Å². The molecule has 0 atom stereocenters. The summed E-state index contributed by atoms with van der Waals surface area (Å²) in [6.07, 6.45) is -3.78. The highest BCUT2D eigenvalue weighted by Gasteiger charge is 2.32. The van der Waals surface area contributed by atoms with Crippen LogP contribution in [0.2, 0.25) is 0 Å². The number of aryl methyl sites for hydroxylation is 1. The van der Waals surface area contributed by atoms with E-state index in [1.165, 1.54) is 0 Å². The van der Waals surface area contributed by atoms with Crippen LogP contribution in [0.25, 0.3) is 11.4 Å². The molecule has 0 aliphatic heterocycles. The minimum absolute atomic E-state index is 0.0913. The maximum absolute atomic E-state index is 12.8. The first-order chi connectivity index (χ1) is 10.4. The van der Waals surface area contributed by atoms with Gasteiger partial charge in [0, 0.05) is 6.20 Å². The highest BCUT2D eigenvalue weighted by Crippen LogP contribution is 2.36. The zero-order chi connectivity index (χ0) is 16.2. The van der Waals surface area contributed by atoms with Gasteiger partial charge in [-0.05, 0) is 32.0 Å². The standard InChI is InChI=1S/C13H12F3N3O2S/c1-3-20-22-21-11-6-9(13(14,15)16)7-17-12(11)10-5-4-8(2)18-19-10/h4-7H,3H2,1-2H3. The average molecular weight is 331 g/mol. The molecule has 0 spiro atoms. The smallest absolute Gasteiger partial charge is 0.398 e. The van der Waals surface area contributed by atoms with Gasteiger partial charge in [-0.3, -0.25) is 4.18 Å². The molecule has 118 valence electrons. The highest BCUT2D eigenvalue weighted by molar-refractivity contribution is 7.90. The van der Waals surface area contributed by atoms with E-state index in [1.54, 1.807) is 26.0 Å². The lowest BCUT2D eigenvalue weighted by Gasteiger charge is -2.11. The van der Waals surface area contributed by atoms with E-state index < -0.39 is 11.7 Å². The maximum atomic E-state index is 12.8. The molecule has 5 nitrogen and oxygen atoms in total. The van der Waals surface area contributed by atoms with Gasteiger partial charge in [0.2, 0.25) is 12.3 Å². The van der Waals surface area contributed by atoms with Gasteiger partial charge in [-0.25, -0.2) is 4.98 Å². The first kappa shape index (κ1) is 16.5. The number of alkyl halides is 3. The molecule has 0 fully saturated rings. The van der Waals surface area contributed by atoms with Crippen molar-refractivity contribution in [3.05, 3.63) is 35.7 Å². The van der Waals surface area contributed by atoms with Crippen molar-refractivity contribution < 1.29 is 21.5 Å². The number of nitrogens with zero attached hydrogens (tertiary/aromatic N) is 3. The molecule has 0 aliphatic rings. The molecule has 0 bridgehead atoms. The summed E-state index contributed by atoms with van der Waals surface area (Å²) in [4.78, 5) is 3.81. The number of halogens is 3. The molecule has 2 aromatic heterocycles. The Morgan fingerprint density at radius 1 is 1.23 bits per heavy atom. The number of aromatic nitrogens is 3. The van der Waals surface area contributed by atoms with E-state index in [9.17, 15) is 13.2 Å². The SMILES string of the molecule is CCOSOc1cc(C(F)(F)F)cnc1-c1ccc(C)nn1. The van der Waals surface area contributed by atoms with Crippen molar-refractivity contribution in [3.8, 4) is 17.1 Å². The zero-order valence-corrected chi connectivity index (χ0v) is 12.5. The van der Waals surface area contributed by atoms with Crippen LogP contribution in [0.3, 0.4) is 0 Å². The number of rotatable bonds is 5. The van der Waals surface area contributed by atoms with Gasteiger partial charge in [0.25, 0.3) is 0 Å². The van der Waals surface area contributed by atoms with Gasteiger partial charge in [-0.1, -0.05) is 0 Å². The van der Waals surface area contributed by atoms with Gasteiger partial charge in [-0.15, -0.1) is 5.10 Å². The summed E-state index contributed by atoms with van der Waals surface area (Å²) in [6.45, 7) is 3.82. The van der Waals surface area contributed by atoms with Crippen LogP contribution in [0.4, 0.5) is 13.2 Å². The van der Waals surface area contributed by atoms with Crippen LogP contribution < -0.4 is 4.18 Å². The van der Waals surface area contributed by atoms with Gasteiger partial charge >= 0.3 is 6.18 Å². The van der Waals surface area contributed by atoms with E-state index in [-0.39, 0.29) is 11.4 Å². The summed E-state index contributed by atoms with van der Waals surface area (Å²) in [5.74, 6) is -0.0913. The monoisotopic (exact) mass is 331 g/mol. The van der Waals surface area contributed by atoms with Crippen LogP contribution in [0, 0.1) is 6.92 Å². The molecule has 0 N–H and O–H groups in total. The second kappa shape index (κ2) is 6.93. The molecule has 2 heterocycles. The van der Waals surface area contributed by atoms with Crippen LogP contribution in [-0.4, -0.2) is 21.8 Å². The fourth-order valence-electron chi connectivity index (χ4n) is 1.49. The number of pyridine rings is 1. The number of hydrogen-bond donors (Lipinski definition) is 0. The van der Waals surface area contributed by atoms with Crippen LogP contribution >= 0.6 is 12.3 Å². The Bertz CT molecular complexity index is 635. The minimum atomic E-state index is -4.52. The molecule has 22 heavy (non-hydrogen) atoms. The van der Waals surface area contributed by atoms with Crippen LogP contribution in [0.5, 0.6) is 5.75 Å². The van der Waals surface area contributed by atoms with Crippen LogP contribution in [0.15, 0.2) is 24.4 Å². The van der Waals surface area contributed by atoms with E-state index in [0.717, 1.165) is 12.3 Å². The summed E-state index contributed by atoms with van der Waals surface area (Å²) in [7, 11) is 0. The normalized spacial score (nSPS) is 11.5. The third-order valence-corrected chi connectivity index (χ3v) is 3.09. The minimum Gasteiger partial charge on any atom is -0.398 e. The number of hydrogen-bond acceptors (Lipinski definition) is 6. The zero-order valence-electron chi connectivity index (χ0n) is 11.7. The summed E-state index contributed by atoms with van der Waals surface area (Å²) in [6, 6.07) is 4.15. The lowest BCUT2D eigenvalue weighted by Crippen LogP contribution is -2.07. The van der Waals surface area contributed by atoms with E-state index in [1.807, 2.05) is 0 Å². The Morgan fingerprint density at radius 2 is 2.00 bits per heavy atom. The Kier molecular flexibility index (Phi) is 5.19. The lowest BCUT2D eigenvalue weighted by molar-refractivity contribution is -0.137. The fraction of sp³-hybridized carbons (Fsp3) is 0.308. The molecule has 0 unspecified atom stereocenters. The molecule has 9 heteroatoms. The van der Waals surface area contributed by atoms with Crippen LogP contribution in [0.1, 0.15) is 18.2 Å². The van der Waals surface area contributed by atoms with Crippen molar-refractivity contribution in [1.82, 2.24) is 15.2 Å². The second-order valence-corrected chi connectivity index (χ2v) is 4.72. The molecule has 0 aliphatic carbocycles. The summed E-state index contributed by atoms with van der Waals surface area (Å²) in [5, 5.41) is 7.76. The third kappa shape index (κ3) is 4.08. The van der Waals surface area contributed by atoms with Crippen LogP contribution in [-0.2, 0) is 10.4 Å². The van der Waals surface area contributed by atoms with Gasteiger partial charge in [0.1, 0.15) is 11.4 Å². The van der Waals surface area contributed by atoms with Gasteiger partial charge in [-0.2, -0.15) is 18.3 Å². The molecule has 0 radical (unpaired) electrons. The lowest BCUT2D eigenvalue weighted by atomic mass is 10.2. The van der Waals surface area contributed by atoms with Crippen molar-refractivity contribution >= 4 is 12.3 Å². The Balaban J connectivity index is 2.40. The Morgan fingerprint density at radius 3 is 2.59 bits per heavy atom. The molecule has 0 saturated carbocycles. The molecular formula is C13H12F3N3O2S.